The Morgan fingerprint density at radius 2 is 1.55 bits per heavy atom. The van der Waals surface area contributed by atoms with Crippen molar-refractivity contribution >= 4 is 17.6 Å². The fourth-order valence-electron chi connectivity index (χ4n) is 1.34. The largest absolute Gasteiger partial charge is 0.478 e. The first kappa shape index (κ1) is 18.2. The number of carboxylic acids is 1. The highest BCUT2D eigenvalue weighted by Crippen LogP contribution is 2.26. The van der Waals surface area contributed by atoms with Crippen molar-refractivity contribution in [3.63, 3.8) is 0 Å². The predicted octanol–water partition coefficient (Wildman–Crippen LogP) is 4.03. The second kappa shape index (κ2) is 7.68. The summed E-state index contributed by atoms with van der Waals surface area (Å²) in [5.74, 6) is -1.17. The van der Waals surface area contributed by atoms with E-state index < -0.39 is 5.97 Å². The van der Waals surface area contributed by atoms with Gasteiger partial charge in [0.1, 0.15) is 0 Å². The summed E-state index contributed by atoms with van der Waals surface area (Å²) in [6, 6.07) is 6.13. The van der Waals surface area contributed by atoms with E-state index in [2.05, 4.69) is 5.32 Å². The van der Waals surface area contributed by atoms with Gasteiger partial charge >= 0.3 is 5.97 Å². The third-order valence-electron chi connectivity index (χ3n) is 3.09. The van der Waals surface area contributed by atoms with Crippen LogP contribution in [0.2, 0.25) is 0 Å². The molecule has 0 radical (unpaired) electrons. The Morgan fingerprint density at radius 3 is 1.90 bits per heavy atom. The Balaban J connectivity index is 0.00000172. The Morgan fingerprint density at radius 1 is 1.10 bits per heavy atom. The first-order chi connectivity index (χ1) is 9.21. The number of hydrogen-bond acceptors (Lipinski definition) is 2. The van der Waals surface area contributed by atoms with Gasteiger partial charge in [-0.15, -0.1) is 0 Å². The van der Waals surface area contributed by atoms with Crippen molar-refractivity contribution < 1.29 is 14.7 Å². The van der Waals surface area contributed by atoms with Crippen LogP contribution in [0.4, 0.5) is 5.69 Å². The summed E-state index contributed by atoms with van der Waals surface area (Å²) in [6.07, 6.45) is 0. The number of benzene rings is 1. The molecule has 0 aliphatic carbocycles. The molecule has 1 rings (SSSR count). The number of carbonyl (C=O) groups excluding carboxylic acids is 1. The van der Waals surface area contributed by atoms with E-state index in [1.54, 1.807) is 12.1 Å². The molecule has 20 heavy (non-hydrogen) atoms. The van der Waals surface area contributed by atoms with Crippen molar-refractivity contribution in [2.24, 2.45) is 11.3 Å². The Labute approximate surface area is 121 Å². The van der Waals surface area contributed by atoms with Gasteiger partial charge in [0.25, 0.3) is 0 Å². The number of nitrogens with one attached hydrogen (secondary N) is 1. The average molecular weight is 279 g/mol. The van der Waals surface area contributed by atoms with Crippen LogP contribution < -0.4 is 5.32 Å². The van der Waals surface area contributed by atoms with Crippen LogP contribution in [0, 0.1) is 11.3 Å². The summed E-state index contributed by atoms with van der Waals surface area (Å²) in [6.45, 7) is 11.9. The fraction of sp³-hybridized carbons (Fsp3) is 0.500. The summed E-state index contributed by atoms with van der Waals surface area (Å²) >= 11 is 0. The van der Waals surface area contributed by atoms with Crippen molar-refractivity contribution in [1.82, 2.24) is 0 Å². The summed E-state index contributed by atoms with van der Waals surface area (Å²) in [5, 5.41) is 11.5. The summed E-state index contributed by atoms with van der Waals surface area (Å²) in [4.78, 5) is 22.6. The minimum absolute atomic E-state index is 0.0643. The zero-order valence-electron chi connectivity index (χ0n) is 13.2. The first-order valence-electron chi connectivity index (χ1n) is 6.86. The molecule has 0 heterocycles. The fourth-order valence-corrected chi connectivity index (χ4v) is 1.34. The Kier molecular flexibility index (Phi) is 6.97. The lowest BCUT2D eigenvalue weighted by atomic mass is 9.81. The van der Waals surface area contributed by atoms with Crippen LogP contribution in [0.1, 0.15) is 51.9 Å². The topological polar surface area (TPSA) is 66.4 Å². The van der Waals surface area contributed by atoms with Crippen molar-refractivity contribution in [2.45, 2.75) is 41.5 Å². The molecule has 0 aromatic heterocycles. The molecule has 112 valence electrons. The van der Waals surface area contributed by atoms with Crippen LogP contribution in [0.5, 0.6) is 0 Å². The molecule has 0 saturated carbocycles. The highest BCUT2D eigenvalue weighted by atomic mass is 16.4. The number of aromatic carboxylic acids is 1. The molecule has 4 heteroatoms. The molecule has 0 bridgehead atoms. The van der Waals surface area contributed by atoms with Crippen molar-refractivity contribution in [1.29, 1.82) is 0 Å². The molecule has 1 unspecified atom stereocenters. The zero-order chi connectivity index (χ0) is 15.9. The van der Waals surface area contributed by atoms with Crippen LogP contribution in [-0.4, -0.2) is 17.0 Å². The molecule has 4 nitrogen and oxygen atoms in total. The molecule has 1 aromatic rings. The molecular formula is C16H25NO3. The van der Waals surface area contributed by atoms with Gasteiger partial charge in [0, 0.05) is 11.6 Å². The number of hydrogen-bond donors (Lipinski definition) is 2. The Bertz CT molecular complexity index is 444. The monoisotopic (exact) mass is 279 g/mol. The van der Waals surface area contributed by atoms with E-state index in [9.17, 15) is 9.59 Å². The molecule has 0 saturated heterocycles. The average Bonchev–Trinajstić information content (AvgIpc) is 2.39. The maximum atomic E-state index is 12.0. The van der Waals surface area contributed by atoms with E-state index in [1.165, 1.54) is 12.1 Å². The number of anilines is 1. The van der Waals surface area contributed by atoms with Crippen LogP contribution in [0.3, 0.4) is 0 Å². The Hall–Kier alpha value is -1.84. The molecule has 0 spiro atoms. The van der Waals surface area contributed by atoms with Crippen LogP contribution in [0.25, 0.3) is 0 Å². The lowest BCUT2D eigenvalue weighted by Gasteiger charge is -2.26. The molecule has 1 amide bonds. The number of carboxylic acid groups (broad SMARTS) is 1. The zero-order valence-corrected chi connectivity index (χ0v) is 13.2. The third-order valence-corrected chi connectivity index (χ3v) is 3.09. The van der Waals surface area contributed by atoms with Crippen LogP contribution in [-0.2, 0) is 4.79 Å². The molecule has 1 aromatic carbocycles. The highest BCUT2D eigenvalue weighted by molar-refractivity contribution is 5.93. The highest BCUT2D eigenvalue weighted by Gasteiger charge is 2.26. The van der Waals surface area contributed by atoms with Gasteiger partial charge in [0.2, 0.25) is 5.91 Å². The number of rotatable bonds is 3. The molecular weight excluding hydrogens is 254 g/mol. The maximum absolute atomic E-state index is 12.0. The summed E-state index contributed by atoms with van der Waals surface area (Å²) < 4.78 is 0. The molecule has 0 aliphatic heterocycles. The van der Waals surface area contributed by atoms with Crippen molar-refractivity contribution in [2.75, 3.05) is 5.32 Å². The van der Waals surface area contributed by atoms with Gasteiger partial charge in [-0.1, -0.05) is 41.5 Å². The van der Waals surface area contributed by atoms with Gasteiger partial charge < -0.3 is 10.4 Å². The number of amides is 1. The lowest BCUT2D eigenvalue weighted by molar-refractivity contribution is -0.122. The van der Waals surface area contributed by atoms with E-state index in [1.807, 2.05) is 41.5 Å². The standard InChI is InChI=1S/C14H19NO3.C2H6/c1-9(14(2,3)4)12(16)15-11-7-5-10(6-8-11)13(17)18;1-2/h5-9H,1-4H3,(H,15,16)(H,17,18);1-2H3. The van der Waals surface area contributed by atoms with Gasteiger partial charge in [0.05, 0.1) is 5.56 Å². The maximum Gasteiger partial charge on any atom is 0.335 e. The van der Waals surface area contributed by atoms with Crippen molar-refractivity contribution in [3.05, 3.63) is 29.8 Å². The van der Waals surface area contributed by atoms with Gasteiger partial charge in [-0.05, 0) is 29.7 Å². The third kappa shape index (κ3) is 5.43. The quantitative estimate of drug-likeness (QED) is 0.877. The minimum Gasteiger partial charge on any atom is -0.478 e. The van der Waals surface area contributed by atoms with Gasteiger partial charge in [0.15, 0.2) is 0 Å². The molecule has 0 fully saturated rings. The summed E-state index contributed by atoms with van der Waals surface area (Å²) in [5.41, 5.74) is 0.712. The van der Waals surface area contributed by atoms with E-state index in [0.717, 1.165) is 0 Å². The van der Waals surface area contributed by atoms with Gasteiger partial charge in [-0.25, -0.2) is 4.79 Å². The van der Waals surface area contributed by atoms with Gasteiger partial charge in [-0.2, -0.15) is 0 Å². The number of carbonyl (C=O) groups is 2. The van der Waals surface area contributed by atoms with Gasteiger partial charge in [-0.3, -0.25) is 4.79 Å². The SMILES string of the molecule is CC.CC(C(=O)Nc1ccc(C(=O)O)cc1)C(C)(C)C. The van der Waals surface area contributed by atoms with E-state index in [0.29, 0.717) is 5.69 Å². The van der Waals surface area contributed by atoms with E-state index in [-0.39, 0.29) is 22.8 Å². The van der Waals surface area contributed by atoms with Crippen LogP contribution in [0.15, 0.2) is 24.3 Å². The smallest absolute Gasteiger partial charge is 0.335 e. The summed E-state index contributed by atoms with van der Waals surface area (Å²) in [7, 11) is 0. The van der Waals surface area contributed by atoms with E-state index in [4.69, 9.17) is 5.11 Å². The second-order valence-corrected chi connectivity index (χ2v) is 5.46. The lowest BCUT2D eigenvalue weighted by Crippen LogP contribution is -2.30. The van der Waals surface area contributed by atoms with Crippen LogP contribution >= 0.6 is 0 Å². The molecule has 0 aliphatic rings. The minimum atomic E-state index is -0.976. The second-order valence-electron chi connectivity index (χ2n) is 5.46. The predicted molar refractivity (Wildman–Crippen MR) is 82.0 cm³/mol. The molecule has 1 atom stereocenters. The first-order valence-corrected chi connectivity index (χ1v) is 6.86. The van der Waals surface area contributed by atoms with Crippen molar-refractivity contribution in [3.8, 4) is 0 Å². The van der Waals surface area contributed by atoms with E-state index >= 15 is 0 Å². The molecule has 2 N–H and O–H groups in total. The normalized spacial score (nSPS) is 11.9.